The highest BCUT2D eigenvalue weighted by molar-refractivity contribution is 5.95. The van der Waals surface area contributed by atoms with E-state index in [1.807, 2.05) is 0 Å². The third kappa shape index (κ3) is 4.58. The van der Waals surface area contributed by atoms with Crippen LogP contribution in [-0.4, -0.2) is 18.5 Å². The summed E-state index contributed by atoms with van der Waals surface area (Å²) in [6.07, 6.45) is 1.29. The van der Waals surface area contributed by atoms with Crippen molar-refractivity contribution < 1.29 is 24.2 Å². The lowest BCUT2D eigenvalue weighted by atomic mass is 10.2. The van der Waals surface area contributed by atoms with Gasteiger partial charge in [-0.25, -0.2) is 9.59 Å². The van der Waals surface area contributed by atoms with Crippen LogP contribution >= 0.6 is 0 Å². The maximum absolute atomic E-state index is 10.9. The number of hydrogen-bond acceptors (Lipinski definition) is 6. The van der Waals surface area contributed by atoms with Crippen molar-refractivity contribution in [1.82, 2.24) is 0 Å². The average Bonchev–Trinajstić information content (AvgIpc) is 2.21. The molecule has 0 saturated carbocycles. The highest BCUT2D eigenvalue weighted by Gasteiger charge is 2.11. The zero-order valence-electron chi connectivity index (χ0n) is 8.11. The lowest BCUT2D eigenvalue weighted by molar-refractivity contribution is -0.264. The van der Waals surface area contributed by atoms with Crippen molar-refractivity contribution in [3.8, 4) is 0 Å². The van der Waals surface area contributed by atoms with Crippen molar-refractivity contribution in [2.45, 2.75) is 20.3 Å². The van der Waals surface area contributed by atoms with Crippen molar-refractivity contribution >= 4 is 11.9 Å². The summed E-state index contributed by atoms with van der Waals surface area (Å²) in [5.41, 5.74) is 0.122. The summed E-state index contributed by atoms with van der Waals surface area (Å²) in [5, 5.41) is 0. The fourth-order valence-electron chi connectivity index (χ4n) is 0.664. The summed E-state index contributed by atoms with van der Waals surface area (Å²) in [6, 6.07) is 0. The zero-order chi connectivity index (χ0) is 11.0. The first-order valence-corrected chi connectivity index (χ1v) is 4.10. The van der Waals surface area contributed by atoms with Crippen LogP contribution in [0, 0.1) is 0 Å². The molecule has 0 aromatic heterocycles. The third-order valence-corrected chi connectivity index (χ3v) is 1.30. The van der Waals surface area contributed by atoms with Crippen LogP contribution in [-0.2, 0) is 24.2 Å². The Balaban J connectivity index is 4.28. The van der Waals surface area contributed by atoms with E-state index >= 15 is 0 Å². The first kappa shape index (κ1) is 12.6. The first-order chi connectivity index (χ1) is 6.65. The first-order valence-electron chi connectivity index (χ1n) is 4.10. The summed E-state index contributed by atoms with van der Waals surface area (Å²) in [6.45, 7) is 3.57. The number of nitrogens with two attached hydrogens (primary N) is 1. The molecule has 0 unspecified atom stereocenters. The summed E-state index contributed by atoms with van der Waals surface area (Å²) in [4.78, 5) is 34.4. The summed E-state index contributed by atoms with van der Waals surface area (Å²) in [7, 11) is 0. The van der Waals surface area contributed by atoms with Gasteiger partial charge in [-0.3, -0.25) is 4.89 Å². The molecule has 0 aromatic rings. The highest BCUT2D eigenvalue weighted by Crippen LogP contribution is 2.02. The predicted molar refractivity (Wildman–Crippen MR) is 46.4 cm³/mol. The van der Waals surface area contributed by atoms with Crippen LogP contribution in [0.5, 0.6) is 0 Å². The Kier molecular flexibility index (Phi) is 6.34. The molecule has 0 fully saturated rings. The lowest BCUT2D eigenvalue weighted by Gasteiger charge is -2.00. The molecule has 0 saturated heterocycles. The van der Waals surface area contributed by atoms with Crippen molar-refractivity contribution in [2.75, 3.05) is 6.61 Å². The van der Waals surface area contributed by atoms with Gasteiger partial charge >= 0.3 is 11.9 Å². The molecule has 0 bridgehead atoms. The van der Waals surface area contributed by atoms with Crippen molar-refractivity contribution in [3.05, 3.63) is 11.6 Å². The van der Waals surface area contributed by atoms with Gasteiger partial charge in [-0.1, -0.05) is 6.92 Å². The number of carbonyl (C=O) groups excluding carboxylic acids is 2. The van der Waals surface area contributed by atoms with E-state index in [1.165, 1.54) is 0 Å². The molecule has 0 aliphatic carbocycles. The van der Waals surface area contributed by atoms with Crippen LogP contribution in [0.2, 0.25) is 0 Å². The van der Waals surface area contributed by atoms with Crippen LogP contribution < -0.4 is 5.90 Å². The van der Waals surface area contributed by atoms with Crippen LogP contribution in [0.4, 0.5) is 0 Å². The normalized spacial score (nSPS) is 10.9. The second kappa shape index (κ2) is 7.05. The maximum atomic E-state index is 10.9. The van der Waals surface area contributed by atoms with E-state index in [-0.39, 0.29) is 12.2 Å². The molecule has 14 heavy (non-hydrogen) atoms. The summed E-state index contributed by atoms with van der Waals surface area (Å²) in [5.74, 6) is 3.12. The van der Waals surface area contributed by atoms with Crippen LogP contribution in [0.25, 0.3) is 0 Å². The largest absolute Gasteiger partial charge is 0.370 e. The van der Waals surface area contributed by atoms with E-state index < -0.39 is 11.9 Å². The van der Waals surface area contributed by atoms with Crippen LogP contribution in [0.3, 0.4) is 0 Å². The van der Waals surface area contributed by atoms with Crippen LogP contribution in [0.15, 0.2) is 11.6 Å². The Morgan fingerprint density at radius 2 is 2.00 bits per heavy atom. The van der Waals surface area contributed by atoms with Crippen molar-refractivity contribution in [1.29, 1.82) is 0 Å². The van der Waals surface area contributed by atoms with Gasteiger partial charge in [0.1, 0.15) is 0 Å². The Labute approximate surface area is 81.5 Å². The minimum atomic E-state index is -0.769. The number of carbonyl (C=O) groups is 2. The molecule has 0 aliphatic rings. The van der Waals surface area contributed by atoms with Crippen molar-refractivity contribution in [2.24, 2.45) is 5.90 Å². The molecule has 0 spiro atoms. The molecule has 0 atom stereocenters. The minimum absolute atomic E-state index is 0.122. The molecule has 0 aliphatic heterocycles. The third-order valence-electron chi connectivity index (χ3n) is 1.30. The molecule has 0 rings (SSSR count). The van der Waals surface area contributed by atoms with Gasteiger partial charge in [0.25, 0.3) is 0 Å². The lowest BCUT2D eigenvalue weighted by Crippen LogP contribution is -2.14. The Bertz CT molecular complexity index is 236. The molecule has 0 heterocycles. The highest BCUT2D eigenvalue weighted by atomic mass is 17.2. The van der Waals surface area contributed by atoms with Gasteiger partial charge in [0, 0.05) is 11.6 Å². The molecule has 0 aromatic carbocycles. The SMILES string of the molecule is CCOOC(=O)/C=C(/CC)C(=O)ON. The molecule has 0 radical (unpaired) electrons. The van der Waals surface area contributed by atoms with Gasteiger partial charge in [-0.2, -0.15) is 10.8 Å². The topological polar surface area (TPSA) is 87.8 Å². The smallest absolute Gasteiger partial charge is 0.366 e. The Morgan fingerprint density at radius 1 is 1.36 bits per heavy atom. The van der Waals surface area contributed by atoms with E-state index in [4.69, 9.17) is 0 Å². The van der Waals surface area contributed by atoms with E-state index in [9.17, 15) is 9.59 Å². The van der Waals surface area contributed by atoms with Gasteiger partial charge in [0.05, 0.1) is 6.61 Å². The van der Waals surface area contributed by atoms with E-state index in [0.717, 1.165) is 6.08 Å². The standard InChI is InChI=1S/C8H13NO5/c1-3-6(8(11)13-9)5-7(10)14-12-4-2/h5H,3-4,9H2,1-2H3/b6-5-. The predicted octanol–water partition coefficient (Wildman–Crippen LogP) is 0.234. The second-order valence-electron chi connectivity index (χ2n) is 2.24. The Morgan fingerprint density at radius 3 is 2.43 bits per heavy atom. The number of hydrogen-bond donors (Lipinski definition) is 1. The summed E-state index contributed by atoms with van der Waals surface area (Å²) < 4.78 is 0. The molecule has 6 nitrogen and oxygen atoms in total. The van der Waals surface area contributed by atoms with Gasteiger partial charge in [-0.15, -0.1) is 0 Å². The van der Waals surface area contributed by atoms with Gasteiger partial charge in [0.2, 0.25) is 0 Å². The maximum Gasteiger partial charge on any atom is 0.366 e. The molecule has 6 heteroatoms. The molecule has 2 N–H and O–H groups in total. The van der Waals surface area contributed by atoms with Gasteiger partial charge in [0.15, 0.2) is 0 Å². The van der Waals surface area contributed by atoms with E-state index in [2.05, 4.69) is 20.5 Å². The van der Waals surface area contributed by atoms with Gasteiger partial charge < -0.3 is 4.84 Å². The number of rotatable bonds is 5. The molecular weight excluding hydrogens is 190 g/mol. The quantitative estimate of drug-likeness (QED) is 0.391. The molecule has 0 amide bonds. The van der Waals surface area contributed by atoms with E-state index in [0.29, 0.717) is 6.42 Å². The fraction of sp³-hybridized carbons (Fsp3) is 0.500. The average molecular weight is 203 g/mol. The monoisotopic (exact) mass is 203 g/mol. The van der Waals surface area contributed by atoms with E-state index in [1.54, 1.807) is 13.8 Å². The van der Waals surface area contributed by atoms with Gasteiger partial charge in [-0.05, 0) is 13.3 Å². The molecular formula is C8H13NO5. The fourth-order valence-corrected chi connectivity index (χ4v) is 0.664. The summed E-state index contributed by atoms with van der Waals surface area (Å²) >= 11 is 0. The molecule has 80 valence electrons. The zero-order valence-corrected chi connectivity index (χ0v) is 8.11. The van der Waals surface area contributed by atoms with Crippen LogP contribution in [0.1, 0.15) is 20.3 Å². The second-order valence-corrected chi connectivity index (χ2v) is 2.24. The Hall–Kier alpha value is -1.40. The van der Waals surface area contributed by atoms with Crippen molar-refractivity contribution in [3.63, 3.8) is 0 Å². The minimum Gasteiger partial charge on any atom is -0.370 e.